The quantitative estimate of drug-likeness (QED) is 0.552. The Morgan fingerprint density at radius 2 is 1.56 bits per heavy atom. The van der Waals surface area contributed by atoms with E-state index in [1.165, 1.54) is 21.5 Å². The smallest absolute Gasteiger partial charge is 0.265 e. The number of rotatable bonds is 2. The summed E-state index contributed by atoms with van der Waals surface area (Å²) in [5, 5.41) is 9.88. The van der Waals surface area contributed by atoms with E-state index in [9.17, 15) is 9.18 Å². The molecule has 4 rings (SSSR count). The number of hydrogen-bond acceptors (Lipinski definition) is 3. The monoisotopic (exact) mass is 354 g/mol. The maximum Gasteiger partial charge on any atom is 0.298 e. The van der Waals surface area contributed by atoms with Crippen LogP contribution in [0.4, 0.5) is 4.39 Å². The highest BCUT2D eigenvalue weighted by molar-refractivity contribution is 6.30. The van der Waals surface area contributed by atoms with E-state index in [1.807, 2.05) is 6.92 Å². The third kappa shape index (κ3) is 2.60. The van der Waals surface area contributed by atoms with Gasteiger partial charge in [0.05, 0.1) is 23.3 Å². The standard InChI is InChI=1S/C18H12ClFN4O/c1-11-16-10-21-23(14-8-4-13(20)5-9-14)17(16)18(25)24(22-11)15-6-2-12(19)3-7-15/h2-10H,1H3. The molecule has 0 aliphatic carbocycles. The van der Waals surface area contributed by atoms with Crippen LogP contribution in [0.25, 0.3) is 22.3 Å². The number of halogens is 2. The van der Waals surface area contributed by atoms with Crippen molar-refractivity contribution < 1.29 is 4.39 Å². The Kier molecular flexibility index (Phi) is 3.62. The van der Waals surface area contributed by atoms with Gasteiger partial charge in [-0.05, 0) is 55.5 Å². The molecule has 0 bridgehead atoms. The highest BCUT2D eigenvalue weighted by Crippen LogP contribution is 2.19. The molecule has 5 nitrogen and oxygen atoms in total. The van der Waals surface area contributed by atoms with E-state index in [0.717, 1.165) is 0 Å². The molecule has 2 aromatic heterocycles. The summed E-state index contributed by atoms with van der Waals surface area (Å²) in [4.78, 5) is 13.0. The Hall–Kier alpha value is -2.99. The van der Waals surface area contributed by atoms with Gasteiger partial charge in [-0.2, -0.15) is 14.9 Å². The first-order chi connectivity index (χ1) is 12.0. The van der Waals surface area contributed by atoms with Crippen LogP contribution in [-0.2, 0) is 0 Å². The van der Waals surface area contributed by atoms with Crippen LogP contribution >= 0.6 is 11.6 Å². The molecule has 0 aliphatic rings. The summed E-state index contributed by atoms with van der Waals surface area (Å²) < 4.78 is 16.0. The molecule has 0 saturated carbocycles. The van der Waals surface area contributed by atoms with E-state index < -0.39 is 0 Å². The van der Waals surface area contributed by atoms with Crippen LogP contribution in [0.15, 0.2) is 59.5 Å². The van der Waals surface area contributed by atoms with Crippen molar-refractivity contribution in [2.24, 2.45) is 0 Å². The number of nitrogens with zero attached hydrogens (tertiary/aromatic N) is 4. The van der Waals surface area contributed by atoms with Gasteiger partial charge in [0.15, 0.2) is 0 Å². The second-order valence-electron chi connectivity index (χ2n) is 5.57. The summed E-state index contributed by atoms with van der Waals surface area (Å²) in [6, 6.07) is 12.6. The predicted octanol–water partition coefficient (Wildman–Crippen LogP) is 3.67. The van der Waals surface area contributed by atoms with Crippen LogP contribution in [0, 0.1) is 12.7 Å². The Bertz CT molecular complexity index is 1130. The highest BCUT2D eigenvalue weighted by atomic mass is 35.5. The molecule has 0 saturated heterocycles. The summed E-state index contributed by atoms with van der Waals surface area (Å²) >= 11 is 5.91. The molecule has 0 aliphatic heterocycles. The molecule has 2 heterocycles. The number of fused-ring (bicyclic) bond motifs is 1. The van der Waals surface area contributed by atoms with Crippen molar-refractivity contribution >= 4 is 22.5 Å². The van der Waals surface area contributed by atoms with Gasteiger partial charge in [0, 0.05) is 10.4 Å². The molecule has 25 heavy (non-hydrogen) atoms. The lowest BCUT2D eigenvalue weighted by atomic mass is 10.2. The molecule has 2 aromatic carbocycles. The Morgan fingerprint density at radius 1 is 0.960 bits per heavy atom. The van der Waals surface area contributed by atoms with Gasteiger partial charge in [-0.1, -0.05) is 11.6 Å². The molecule has 0 fully saturated rings. The van der Waals surface area contributed by atoms with Crippen LogP contribution in [0.3, 0.4) is 0 Å². The van der Waals surface area contributed by atoms with E-state index in [1.54, 1.807) is 42.6 Å². The fourth-order valence-corrected chi connectivity index (χ4v) is 2.83. The molecule has 4 aromatic rings. The first-order valence-electron chi connectivity index (χ1n) is 7.54. The van der Waals surface area contributed by atoms with Crippen LogP contribution < -0.4 is 5.56 Å². The van der Waals surface area contributed by atoms with Crippen molar-refractivity contribution in [1.29, 1.82) is 0 Å². The minimum absolute atomic E-state index is 0.315. The zero-order valence-electron chi connectivity index (χ0n) is 13.1. The van der Waals surface area contributed by atoms with E-state index in [4.69, 9.17) is 11.6 Å². The van der Waals surface area contributed by atoms with Gasteiger partial charge in [0.25, 0.3) is 5.56 Å². The molecule has 0 amide bonds. The van der Waals surface area contributed by atoms with Gasteiger partial charge in [-0.3, -0.25) is 4.79 Å². The lowest BCUT2D eigenvalue weighted by molar-refractivity contribution is 0.627. The minimum Gasteiger partial charge on any atom is -0.265 e. The maximum atomic E-state index is 13.2. The van der Waals surface area contributed by atoms with Crippen LogP contribution in [0.1, 0.15) is 5.69 Å². The first-order valence-corrected chi connectivity index (χ1v) is 7.92. The SMILES string of the molecule is Cc1nn(-c2ccc(Cl)cc2)c(=O)c2c1cnn2-c1ccc(F)cc1. The molecule has 0 spiro atoms. The van der Waals surface area contributed by atoms with Gasteiger partial charge in [-0.15, -0.1) is 0 Å². The van der Waals surface area contributed by atoms with Gasteiger partial charge >= 0.3 is 0 Å². The van der Waals surface area contributed by atoms with Crippen LogP contribution in [-0.4, -0.2) is 19.6 Å². The third-order valence-electron chi connectivity index (χ3n) is 3.95. The predicted molar refractivity (Wildman–Crippen MR) is 94.2 cm³/mol. The van der Waals surface area contributed by atoms with Gasteiger partial charge in [0.2, 0.25) is 0 Å². The van der Waals surface area contributed by atoms with Crippen molar-refractivity contribution in [3.63, 3.8) is 0 Å². The molecular weight excluding hydrogens is 343 g/mol. The molecule has 0 atom stereocenters. The third-order valence-corrected chi connectivity index (χ3v) is 4.20. The largest absolute Gasteiger partial charge is 0.298 e. The second-order valence-corrected chi connectivity index (χ2v) is 6.01. The van der Waals surface area contributed by atoms with Crippen molar-refractivity contribution in [3.8, 4) is 11.4 Å². The zero-order valence-corrected chi connectivity index (χ0v) is 13.9. The molecule has 124 valence electrons. The average molecular weight is 355 g/mol. The first kappa shape index (κ1) is 15.5. The normalized spacial score (nSPS) is 11.2. The molecule has 0 N–H and O–H groups in total. The zero-order chi connectivity index (χ0) is 17.6. The summed E-state index contributed by atoms with van der Waals surface area (Å²) in [6.07, 6.45) is 1.59. The molecule has 0 unspecified atom stereocenters. The molecule has 0 radical (unpaired) electrons. The number of aromatic nitrogens is 4. The van der Waals surface area contributed by atoms with Crippen molar-refractivity contribution in [2.45, 2.75) is 6.92 Å². The molecular formula is C18H12ClFN4O. The lowest BCUT2D eigenvalue weighted by Gasteiger charge is -2.08. The number of hydrogen-bond donors (Lipinski definition) is 0. The fourth-order valence-electron chi connectivity index (χ4n) is 2.70. The Labute approximate surface area is 146 Å². The lowest BCUT2D eigenvalue weighted by Crippen LogP contribution is -2.24. The highest BCUT2D eigenvalue weighted by Gasteiger charge is 2.16. The maximum absolute atomic E-state index is 13.2. The summed E-state index contributed by atoms with van der Waals surface area (Å²) in [7, 11) is 0. The van der Waals surface area contributed by atoms with E-state index >= 15 is 0 Å². The van der Waals surface area contributed by atoms with Crippen LogP contribution in [0.5, 0.6) is 0 Å². The summed E-state index contributed by atoms with van der Waals surface area (Å²) in [5.41, 5.74) is 1.93. The topological polar surface area (TPSA) is 52.7 Å². The van der Waals surface area contributed by atoms with E-state index in [-0.39, 0.29) is 11.4 Å². The Balaban J connectivity index is 2.00. The van der Waals surface area contributed by atoms with Gasteiger partial charge < -0.3 is 0 Å². The summed E-state index contributed by atoms with van der Waals surface area (Å²) in [5.74, 6) is -0.350. The van der Waals surface area contributed by atoms with Crippen molar-refractivity contribution in [2.75, 3.05) is 0 Å². The minimum atomic E-state index is -0.350. The van der Waals surface area contributed by atoms with Crippen molar-refractivity contribution in [1.82, 2.24) is 19.6 Å². The fraction of sp³-hybridized carbons (Fsp3) is 0.0556. The van der Waals surface area contributed by atoms with E-state index in [0.29, 0.717) is 33.0 Å². The summed E-state index contributed by atoms with van der Waals surface area (Å²) in [6.45, 7) is 1.81. The van der Waals surface area contributed by atoms with Crippen LogP contribution in [0.2, 0.25) is 5.02 Å². The molecule has 7 heteroatoms. The van der Waals surface area contributed by atoms with Gasteiger partial charge in [0.1, 0.15) is 11.3 Å². The average Bonchev–Trinajstić information content (AvgIpc) is 3.06. The van der Waals surface area contributed by atoms with Crippen molar-refractivity contribution in [3.05, 3.63) is 81.6 Å². The Morgan fingerprint density at radius 3 is 2.24 bits per heavy atom. The van der Waals surface area contributed by atoms with Gasteiger partial charge in [-0.25, -0.2) is 9.07 Å². The number of benzene rings is 2. The second kappa shape index (κ2) is 5.82. The van der Waals surface area contributed by atoms with E-state index in [2.05, 4.69) is 10.2 Å². The number of aryl methyl sites for hydroxylation is 1.